The van der Waals surface area contributed by atoms with Gasteiger partial charge in [0.05, 0.1) is 13.2 Å². The molecule has 380 valence electrons. The second-order valence-electron chi connectivity index (χ2n) is 20.6. The molecule has 67 heavy (non-hydrogen) atoms. The Balaban J connectivity index is 1.17. The van der Waals surface area contributed by atoms with Crippen molar-refractivity contribution >= 4 is 5.69 Å². The number of unbranched alkanes of at least 4 members (excludes halogenated alkanes) is 38. The van der Waals surface area contributed by atoms with Crippen molar-refractivity contribution in [3.63, 3.8) is 0 Å². The highest BCUT2D eigenvalue weighted by Gasteiger charge is 2.10. The highest BCUT2D eigenvalue weighted by Crippen LogP contribution is 2.25. The molecule has 0 atom stereocenters. The zero-order valence-electron chi connectivity index (χ0n) is 44.4. The Morgan fingerprint density at radius 2 is 0.522 bits per heavy atom. The summed E-state index contributed by atoms with van der Waals surface area (Å²) in [6.45, 7) is 7.93. The first-order valence-electron chi connectivity index (χ1n) is 29.5. The lowest BCUT2D eigenvalue weighted by Crippen LogP contribution is -2.22. The van der Waals surface area contributed by atoms with Crippen LogP contribution in [-0.2, 0) is 13.1 Å². The molecule has 0 heterocycles. The van der Waals surface area contributed by atoms with E-state index < -0.39 is 0 Å². The molecule has 0 unspecified atom stereocenters. The standard InChI is InChI=1S/C64H107NO2/c1-3-5-7-9-11-13-15-17-19-21-23-25-27-29-31-33-35-37-39-44-56-66-63-52-48-61(49-53-63)59-65(58-60-46-42-41-43-47-60)62-50-54-64(55-51-62)67-57-45-40-38-36-34-32-30-28-26-24-22-20-18-16-14-12-10-8-6-4-2/h41-43,46-55H,3-40,44-45,56-59H2,1-2H3. The third-order valence-electron chi connectivity index (χ3n) is 14.2. The first-order chi connectivity index (χ1) is 33.3. The van der Waals surface area contributed by atoms with Crippen LogP contribution in [0.25, 0.3) is 0 Å². The topological polar surface area (TPSA) is 21.7 Å². The molecule has 3 rings (SSSR count). The number of rotatable bonds is 49. The predicted molar refractivity (Wildman–Crippen MR) is 296 cm³/mol. The average molecular weight is 923 g/mol. The van der Waals surface area contributed by atoms with E-state index in [9.17, 15) is 0 Å². The average Bonchev–Trinajstić information content (AvgIpc) is 3.35. The van der Waals surface area contributed by atoms with Crippen LogP contribution in [0.2, 0.25) is 0 Å². The molecule has 0 saturated carbocycles. The maximum absolute atomic E-state index is 6.20. The van der Waals surface area contributed by atoms with Gasteiger partial charge in [-0.05, 0) is 60.4 Å². The summed E-state index contributed by atoms with van der Waals surface area (Å²) in [5.41, 5.74) is 3.83. The Morgan fingerprint density at radius 3 is 0.821 bits per heavy atom. The largest absolute Gasteiger partial charge is 0.494 e. The maximum Gasteiger partial charge on any atom is 0.119 e. The molecule has 0 radical (unpaired) electrons. The van der Waals surface area contributed by atoms with Crippen molar-refractivity contribution in [1.82, 2.24) is 0 Å². The van der Waals surface area contributed by atoms with Crippen molar-refractivity contribution in [3.8, 4) is 11.5 Å². The second-order valence-corrected chi connectivity index (χ2v) is 20.6. The fraction of sp³-hybridized carbons (Fsp3) is 0.719. The van der Waals surface area contributed by atoms with Crippen molar-refractivity contribution < 1.29 is 9.47 Å². The normalized spacial score (nSPS) is 11.4. The van der Waals surface area contributed by atoms with Gasteiger partial charge in [0.2, 0.25) is 0 Å². The molecule has 0 aliphatic rings. The van der Waals surface area contributed by atoms with Crippen molar-refractivity contribution in [2.75, 3.05) is 18.1 Å². The SMILES string of the molecule is CCCCCCCCCCCCCCCCCCCCCCOc1ccc(CN(Cc2ccccc2)c2ccc(OCCCCCCCCCCCCCCCCCCCCCC)cc2)cc1. The van der Waals surface area contributed by atoms with Gasteiger partial charge in [-0.2, -0.15) is 0 Å². The Morgan fingerprint density at radius 1 is 0.269 bits per heavy atom. The summed E-state index contributed by atoms with van der Waals surface area (Å²) in [6, 6.07) is 28.4. The molecule has 0 saturated heterocycles. The second kappa shape index (κ2) is 44.3. The number of benzene rings is 3. The van der Waals surface area contributed by atoms with Crippen LogP contribution in [0.3, 0.4) is 0 Å². The molecule has 0 N–H and O–H groups in total. The number of anilines is 1. The van der Waals surface area contributed by atoms with Crippen LogP contribution in [0.15, 0.2) is 78.9 Å². The van der Waals surface area contributed by atoms with E-state index in [1.165, 1.54) is 261 Å². The minimum atomic E-state index is 0.806. The third-order valence-corrected chi connectivity index (χ3v) is 14.2. The van der Waals surface area contributed by atoms with Crippen LogP contribution in [0.4, 0.5) is 5.69 Å². The van der Waals surface area contributed by atoms with E-state index in [0.717, 1.165) is 50.6 Å². The fourth-order valence-corrected chi connectivity index (χ4v) is 9.80. The van der Waals surface area contributed by atoms with Gasteiger partial charge in [-0.25, -0.2) is 0 Å². The lowest BCUT2D eigenvalue weighted by atomic mass is 10.0. The highest BCUT2D eigenvalue weighted by molar-refractivity contribution is 5.50. The lowest BCUT2D eigenvalue weighted by molar-refractivity contribution is 0.304. The van der Waals surface area contributed by atoms with Crippen molar-refractivity contribution in [3.05, 3.63) is 90.0 Å². The summed E-state index contributed by atoms with van der Waals surface area (Å²) in [5, 5.41) is 0. The first-order valence-corrected chi connectivity index (χ1v) is 29.5. The quantitative estimate of drug-likeness (QED) is 0.0527. The lowest BCUT2D eigenvalue weighted by Gasteiger charge is -2.25. The summed E-state index contributed by atoms with van der Waals surface area (Å²) in [7, 11) is 0. The Kier molecular flexibility index (Phi) is 38.6. The highest BCUT2D eigenvalue weighted by atomic mass is 16.5. The van der Waals surface area contributed by atoms with E-state index in [1.54, 1.807) is 0 Å². The van der Waals surface area contributed by atoms with Crippen LogP contribution >= 0.6 is 0 Å². The Bertz CT molecular complexity index is 1440. The fourth-order valence-electron chi connectivity index (χ4n) is 9.80. The monoisotopic (exact) mass is 922 g/mol. The number of hydrogen-bond donors (Lipinski definition) is 0. The summed E-state index contributed by atoms with van der Waals surface area (Å²) in [5.74, 6) is 1.96. The van der Waals surface area contributed by atoms with Gasteiger partial charge in [0.15, 0.2) is 0 Å². The predicted octanol–water partition coefficient (Wildman–Crippen LogP) is 21.3. The van der Waals surface area contributed by atoms with Crippen molar-refractivity contribution in [1.29, 1.82) is 0 Å². The van der Waals surface area contributed by atoms with E-state index >= 15 is 0 Å². The first kappa shape index (κ1) is 58.4. The molecule has 3 nitrogen and oxygen atoms in total. The van der Waals surface area contributed by atoms with Gasteiger partial charge < -0.3 is 14.4 Å². The maximum atomic E-state index is 6.20. The van der Waals surface area contributed by atoms with E-state index in [0.29, 0.717) is 0 Å². The Labute approximate surface area is 416 Å². The van der Waals surface area contributed by atoms with Crippen LogP contribution in [0, 0.1) is 0 Å². The molecule has 3 heteroatoms. The van der Waals surface area contributed by atoms with E-state index in [-0.39, 0.29) is 0 Å². The molecule has 0 aromatic heterocycles. The molecular formula is C64H107NO2. The smallest absolute Gasteiger partial charge is 0.119 e. The summed E-state index contributed by atoms with van der Waals surface area (Å²) < 4.78 is 12.4. The van der Waals surface area contributed by atoms with Crippen LogP contribution in [-0.4, -0.2) is 13.2 Å². The molecule has 0 aliphatic carbocycles. The summed E-state index contributed by atoms with van der Waals surface area (Å²) in [6.07, 6.45) is 56.4. The van der Waals surface area contributed by atoms with Crippen molar-refractivity contribution in [2.45, 2.75) is 284 Å². The third kappa shape index (κ3) is 34.1. The number of ether oxygens (including phenoxy) is 2. The van der Waals surface area contributed by atoms with Gasteiger partial charge in [0.25, 0.3) is 0 Å². The van der Waals surface area contributed by atoms with E-state index in [4.69, 9.17) is 9.47 Å². The van der Waals surface area contributed by atoms with Gasteiger partial charge in [-0.3, -0.25) is 0 Å². The zero-order chi connectivity index (χ0) is 47.2. The molecule has 0 fully saturated rings. The Hall–Kier alpha value is -2.94. The molecular weight excluding hydrogens is 815 g/mol. The van der Waals surface area contributed by atoms with Gasteiger partial charge in [-0.15, -0.1) is 0 Å². The molecule has 3 aromatic carbocycles. The van der Waals surface area contributed by atoms with Gasteiger partial charge >= 0.3 is 0 Å². The molecule has 0 amide bonds. The number of nitrogens with zero attached hydrogens (tertiary/aromatic N) is 1. The summed E-state index contributed by atoms with van der Waals surface area (Å²) in [4.78, 5) is 2.47. The van der Waals surface area contributed by atoms with Gasteiger partial charge in [0.1, 0.15) is 11.5 Å². The minimum absolute atomic E-state index is 0.806. The van der Waals surface area contributed by atoms with Gasteiger partial charge in [0, 0.05) is 18.8 Å². The van der Waals surface area contributed by atoms with Gasteiger partial charge in [-0.1, -0.05) is 300 Å². The zero-order valence-corrected chi connectivity index (χ0v) is 44.4. The molecule has 3 aromatic rings. The minimum Gasteiger partial charge on any atom is -0.494 e. The van der Waals surface area contributed by atoms with E-state index in [1.807, 2.05) is 0 Å². The van der Waals surface area contributed by atoms with Crippen molar-refractivity contribution in [2.24, 2.45) is 0 Å². The summed E-state index contributed by atoms with van der Waals surface area (Å²) >= 11 is 0. The molecule has 0 aliphatic heterocycles. The van der Waals surface area contributed by atoms with Crippen LogP contribution < -0.4 is 14.4 Å². The molecule has 0 bridgehead atoms. The molecule has 0 spiro atoms. The van der Waals surface area contributed by atoms with Crippen LogP contribution in [0.1, 0.15) is 282 Å². The van der Waals surface area contributed by atoms with Crippen LogP contribution in [0.5, 0.6) is 11.5 Å². The number of hydrogen-bond acceptors (Lipinski definition) is 3. The van der Waals surface area contributed by atoms with E-state index in [2.05, 4.69) is 97.6 Å².